The Hall–Kier alpha value is -1.10. The monoisotopic (exact) mass is 279 g/mol. The molecule has 20 heavy (non-hydrogen) atoms. The molecule has 3 amide bonds. The standard InChI is InChI=1S/C15H25N3O2/c1-11-2-4-12(5-3-11)17-8-6-13(7-9-17)18-14(19)10-16-15(18)20/h11-13H,2-10H2,1H3,(H,16,20). The zero-order valence-electron chi connectivity index (χ0n) is 12.3. The second-order valence-corrected chi connectivity index (χ2v) is 6.60. The van der Waals surface area contributed by atoms with Crippen LogP contribution in [0.1, 0.15) is 45.4 Å². The number of hydrogen-bond acceptors (Lipinski definition) is 3. The minimum atomic E-state index is -0.194. The average molecular weight is 279 g/mol. The molecule has 0 spiro atoms. The van der Waals surface area contributed by atoms with Gasteiger partial charge in [-0.1, -0.05) is 6.92 Å². The Morgan fingerprint density at radius 2 is 1.60 bits per heavy atom. The van der Waals surface area contributed by atoms with E-state index < -0.39 is 0 Å². The van der Waals surface area contributed by atoms with E-state index in [1.807, 2.05) is 0 Å². The van der Waals surface area contributed by atoms with Gasteiger partial charge in [0, 0.05) is 25.2 Å². The second-order valence-electron chi connectivity index (χ2n) is 6.60. The van der Waals surface area contributed by atoms with Crippen molar-refractivity contribution >= 4 is 11.9 Å². The molecule has 2 aliphatic heterocycles. The third kappa shape index (κ3) is 2.68. The largest absolute Gasteiger partial charge is 0.329 e. The first kappa shape index (κ1) is 13.9. The quantitative estimate of drug-likeness (QED) is 0.781. The highest BCUT2D eigenvalue weighted by atomic mass is 16.2. The van der Waals surface area contributed by atoms with Gasteiger partial charge in [-0.3, -0.25) is 9.69 Å². The van der Waals surface area contributed by atoms with Crippen LogP contribution in [-0.2, 0) is 4.79 Å². The molecule has 112 valence electrons. The summed E-state index contributed by atoms with van der Waals surface area (Å²) >= 11 is 0. The van der Waals surface area contributed by atoms with E-state index >= 15 is 0 Å². The maximum atomic E-state index is 11.7. The zero-order chi connectivity index (χ0) is 14.1. The molecular formula is C15H25N3O2. The van der Waals surface area contributed by atoms with Crippen molar-refractivity contribution in [2.75, 3.05) is 19.6 Å². The summed E-state index contributed by atoms with van der Waals surface area (Å²) in [6.07, 6.45) is 7.19. The number of hydrogen-bond donors (Lipinski definition) is 1. The van der Waals surface area contributed by atoms with Gasteiger partial charge in [0.15, 0.2) is 0 Å². The van der Waals surface area contributed by atoms with Gasteiger partial charge >= 0.3 is 6.03 Å². The van der Waals surface area contributed by atoms with Crippen molar-refractivity contribution in [2.24, 2.45) is 5.92 Å². The van der Waals surface area contributed by atoms with Crippen molar-refractivity contribution in [2.45, 2.75) is 57.5 Å². The number of carbonyl (C=O) groups excluding carboxylic acids is 2. The van der Waals surface area contributed by atoms with E-state index in [1.54, 1.807) is 0 Å². The second kappa shape index (κ2) is 5.72. The van der Waals surface area contributed by atoms with E-state index in [4.69, 9.17) is 0 Å². The van der Waals surface area contributed by atoms with Gasteiger partial charge in [0.25, 0.3) is 0 Å². The topological polar surface area (TPSA) is 52.6 Å². The van der Waals surface area contributed by atoms with E-state index in [9.17, 15) is 9.59 Å². The van der Waals surface area contributed by atoms with E-state index in [0.717, 1.165) is 37.9 Å². The summed E-state index contributed by atoms with van der Waals surface area (Å²) in [7, 11) is 0. The van der Waals surface area contributed by atoms with Crippen LogP contribution in [-0.4, -0.2) is 53.5 Å². The summed E-state index contributed by atoms with van der Waals surface area (Å²) in [5.41, 5.74) is 0. The third-order valence-corrected chi connectivity index (χ3v) is 5.24. The number of rotatable bonds is 2. The minimum Gasteiger partial charge on any atom is -0.329 e. The highest BCUT2D eigenvalue weighted by Gasteiger charge is 2.37. The predicted octanol–water partition coefficient (Wildman–Crippen LogP) is 1.58. The Morgan fingerprint density at radius 3 is 2.15 bits per heavy atom. The smallest absolute Gasteiger partial charge is 0.324 e. The van der Waals surface area contributed by atoms with Crippen LogP contribution in [0.5, 0.6) is 0 Å². The summed E-state index contributed by atoms with van der Waals surface area (Å²) < 4.78 is 0. The van der Waals surface area contributed by atoms with Crippen molar-refractivity contribution in [3.63, 3.8) is 0 Å². The number of urea groups is 1. The number of nitrogens with one attached hydrogen (secondary N) is 1. The summed E-state index contributed by atoms with van der Waals surface area (Å²) in [6, 6.07) is 0.652. The third-order valence-electron chi connectivity index (χ3n) is 5.24. The first-order valence-corrected chi connectivity index (χ1v) is 7.99. The highest BCUT2D eigenvalue weighted by molar-refractivity contribution is 6.02. The van der Waals surface area contributed by atoms with E-state index in [-0.39, 0.29) is 24.5 Å². The molecule has 0 atom stereocenters. The fraction of sp³-hybridized carbons (Fsp3) is 0.867. The first-order valence-electron chi connectivity index (χ1n) is 7.99. The van der Waals surface area contributed by atoms with Crippen molar-refractivity contribution in [3.8, 4) is 0 Å². The molecule has 0 aromatic rings. The van der Waals surface area contributed by atoms with Crippen molar-refractivity contribution in [1.82, 2.24) is 15.1 Å². The molecule has 0 aromatic heterocycles. The molecule has 3 fully saturated rings. The van der Waals surface area contributed by atoms with Crippen LogP contribution in [0.4, 0.5) is 4.79 Å². The number of amides is 3. The van der Waals surface area contributed by atoms with E-state index in [2.05, 4.69) is 17.1 Å². The first-order chi connectivity index (χ1) is 9.65. The minimum absolute atomic E-state index is 0.0556. The molecule has 1 N–H and O–H groups in total. The maximum absolute atomic E-state index is 11.7. The Kier molecular flexibility index (Phi) is 3.96. The van der Waals surface area contributed by atoms with Crippen LogP contribution < -0.4 is 5.32 Å². The van der Waals surface area contributed by atoms with Crippen molar-refractivity contribution in [3.05, 3.63) is 0 Å². The number of imide groups is 1. The summed E-state index contributed by atoms with van der Waals surface area (Å²) in [6.45, 7) is 4.58. The molecule has 5 heteroatoms. The molecule has 5 nitrogen and oxygen atoms in total. The van der Waals surface area contributed by atoms with E-state index in [0.29, 0.717) is 0 Å². The van der Waals surface area contributed by atoms with Gasteiger partial charge in [-0.05, 0) is 44.4 Å². The summed E-state index contributed by atoms with van der Waals surface area (Å²) in [4.78, 5) is 27.5. The van der Waals surface area contributed by atoms with Gasteiger partial charge in [-0.25, -0.2) is 4.79 Å². The van der Waals surface area contributed by atoms with Gasteiger partial charge < -0.3 is 10.2 Å². The number of piperidine rings is 1. The lowest BCUT2D eigenvalue weighted by Gasteiger charge is -2.41. The highest BCUT2D eigenvalue weighted by Crippen LogP contribution is 2.29. The molecule has 2 heterocycles. The van der Waals surface area contributed by atoms with Crippen LogP contribution in [0, 0.1) is 5.92 Å². The lowest BCUT2D eigenvalue weighted by molar-refractivity contribution is -0.127. The molecule has 3 rings (SSSR count). The molecule has 0 bridgehead atoms. The van der Waals surface area contributed by atoms with Crippen molar-refractivity contribution < 1.29 is 9.59 Å². The molecule has 2 saturated heterocycles. The van der Waals surface area contributed by atoms with Gasteiger partial charge in [0.1, 0.15) is 0 Å². The Labute approximate surface area is 120 Å². The predicted molar refractivity (Wildman–Crippen MR) is 76.3 cm³/mol. The number of likely N-dealkylation sites (tertiary alicyclic amines) is 1. The summed E-state index contributed by atoms with van der Waals surface area (Å²) in [5, 5.41) is 2.62. The van der Waals surface area contributed by atoms with Gasteiger partial charge in [-0.15, -0.1) is 0 Å². The molecule has 0 aromatic carbocycles. The lowest BCUT2D eigenvalue weighted by Crippen LogP contribution is -2.50. The normalized spacial score (nSPS) is 33.5. The van der Waals surface area contributed by atoms with Crippen molar-refractivity contribution in [1.29, 1.82) is 0 Å². The molecule has 0 unspecified atom stereocenters. The van der Waals surface area contributed by atoms with E-state index in [1.165, 1.54) is 30.6 Å². The summed E-state index contributed by atoms with van der Waals surface area (Å²) in [5.74, 6) is 0.828. The fourth-order valence-corrected chi connectivity index (χ4v) is 3.92. The van der Waals surface area contributed by atoms with Gasteiger partial charge in [0.2, 0.25) is 5.91 Å². The molecule has 3 aliphatic rings. The maximum Gasteiger partial charge on any atom is 0.324 e. The SMILES string of the molecule is CC1CCC(N2CCC(N3C(=O)CNC3=O)CC2)CC1. The van der Waals surface area contributed by atoms with Crippen LogP contribution in [0.25, 0.3) is 0 Å². The van der Waals surface area contributed by atoms with Gasteiger partial charge in [-0.2, -0.15) is 0 Å². The van der Waals surface area contributed by atoms with Gasteiger partial charge in [0.05, 0.1) is 6.54 Å². The van der Waals surface area contributed by atoms with Crippen LogP contribution in [0.15, 0.2) is 0 Å². The molecule has 1 saturated carbocycles. The molecule has 0 radical (unpaired) electrons. The molecule has 1 aliphatic carbocycles. The Morgan fingerprint density at radius 1 is 0.950 bits per heavy atom. The number of nitrogens with zero attached hydrogens (tertiary/aromatic N) is 2. The van der Waals surface area contributed by atoms with Crippen LogP contribution in [0.3, 0.4) is 0 Å². The number of carbonyl (C=O) groups is 2. The lowest BCUT2D eigenvalue weighted by atomic mass is 9.85. The Bertz CT molecular complexity index is 367. The fourth-order valence-electron chi connectivity index (χ4n) is 3.92. The zero-order valence-corrected chi connectivity index (χ0v) is 12.3. The average Bonchev–Trinajstić information content (AvgIpc) is 2.79. The molecular weight excluding hydrogens is 254 g/mol. The van der Waals surface area contributed by atoms with Crippen LogP contribution >= 0.6 is 0 Å². The van der Waals surface area contributed by atoms with Crippen LogP contribution in [0.2, 0.25) is 0 Å². The Balaban J connectivity index is 1.52.